The Balaban J connectivity index is 2.01. The van der Waals surface area contributed by atoms with Gasteiger partial charge in [0.2, 0.25) is 5.91 Å². The summed E-state index contributed by atoms with van der Waals surface area (Å²) >= 11 is 1.53. The molecule has 1 aliphatic rings. The number of hydrogen-bond donors (Lipinski definition) is 2. The highest BCUT2D eigenvalue weighted by Crippen LogP contribution is 2.39. The molecule has 2 rings (SSSR count). The van der Waals surface area contributed by atoms with Gasteiger partial charge in [0.1, 0.15) is 11.6 Å². The number of esters is 1. The van der Waals surface area contributed by atoms with Crippen LogP contribution >= 0.6 is 11.3 Å². The maximum Gasteiger partial charge on any atom is 0.305 e. The minimum Gasteiger partial charge on any atom is -0.464 e. The molecule has 0 spiro atoms. The lowest BCUT2D eigenvalue weighted by Crippen LogP contribution is -2.29. The fourth-order valence-electron chi connectivity index (χ4n) is 3.42. The third-order valence-electron chi connectivity index (χ3n) is 5.13. The maximum absolute atomic E-state index is 12.9. The van der Waals surface area contributed by atoms with Gasteiger partial charge in [0.25, 0.3) is 5.91 Å². The first-order valence-corrected chi connectivity index (χ1v) is 11.7. The van der Waals surface area contributed by atoms with Crippen molar-refractivity contribution < 1.29 is 19.1 Å². The van der Waals surface area contributed by atoms with Crippen molar-refractivity contribution in [1.82, 2.24) is 5.32 Å². The van der Waals surface area contributed by atoms with E-state index in [-0.39, 0.29) is 30.9 Å². The number of nitrogens with one attached hydrogen (secondary N) is 2. The van der Waals surface area contributed by atoms with E-state index in [1.807, 2.05) is 13.8 Å². The Labute approximate surface area is 177 Å². The number of carbonyl (C=O) groups is 3. The molecular formula is C22H34N2O4S. The molecule has 2 amide bonds. The lowest BCUT2D eigenvalue weighted by Gasteiger charge is -2.18. The second kappa shape index (κ2) is 12.0. The summed E-state index contributed by atoms with van der Waals surface area (Å²) in [7, 11) is 0. The van der Waals surface area contributed by atoms with Crippen LogP contribution in [0.15, 0.2) is 0 Å². The molecule has 0 aromatic carbocycles. The molecule has 0 saturated carbocycles. The Morgan fingerprint density at radius 1 is 1.14 bits per heavy atom. The number of rotatable bonds is 11. The van der Waals surface area contributed by atoms with Crippen molar-refractivity contribution in [2.24, 2.45) is 5.92 Å². The largest absolute Gasteiger partial charge is 0.464 e. The van der Waals surface area contributed by atoms with Crippen LogP contribution in [-0.4, -0.2) is 30.9 Å². The molecule has 1 aromatic rings. The number of anilines is 1. The van der Waals surface area contributed by atoms with E-state index in [0.29, 0.717) is 29.3 Å². The topological polar surface area (TPSA) is 84.5 Å². The second-order valence-corrected chi connectivity index (χ2v) is 8.89. The van der Waals surface area contributed by atoms with Crippen molar-refractivity contribution in [2.75, 3.05) is 18.5 Å². The Bertz CT molecular complexity index is 714. The average Bonchev–Trinajstić information content (AvgIpc) is 3.04. The molecule has 0 fully saturated rings. The summed E-state index contributed by atoms with van der Waals surface area (Å²) < 4.78 is 5.16. The molecule has 29 heavy (non-hydrogen) atoms. The molecule has 6 nitrogen and oxygen atoms in total. The third-order valence-corrected chi connectivity index (χ3v) is 6.30. The van der Waals surface area contributed by atoms with Gasteiger partial charge in [0, 0.05) is 17.7 Å². The highest BCUT2D eigenvalue weighted by molar-refractivity contribution is 7.17. The molecule has 7 heteroatoms. The zero-order chi connectivity index (χ0) is 21.2. The molecule has 1 aromatic heterocycles. The standard InChI is InChI=1S/C22H34N2O4S/c1-4-6-8-18(25)24-22-20(16-11-10-15(3)14-17(16)29-22)21(27)23-12-13-28-19(26)9-7-5-2/h15H,4-14H2,1-3H3,(H,23,27)(H,24,25). The van der Waals surface area contributed by atoms with Crippen molar-refractivity contribution in [1.29, 1.82) is 0 Å². The van der Waals surface area contributed by atoms with Gasteiger partial charge in [0.05, 0.1) is 12.1 Å². The summed E-state index contributed by atoms with van der Waals surface area (Å²) in [6.07, 6.45) is 7.26. The minimum absolute atomic E-state index is 0.0441. The van der Waals surface area contributed by atoms with Crippen molar-refractivity contribution in [3.8, 4) is 0 Å². The van der Waals surface area contributed by atoms with Gasteiger partial charge in [-0.3, -0.25) is 14.4 Å². The molecule has 0 bridgehead atoms. The van der Waals surface area contributed by atoms with E-state index in [9.17, 15) is 14.4 Å². The van der Waals surface area contributed by atoms with Crippen molar-refractivity contribution in [2.45, 2.75) is 78.6 Å². The van der Waals surface area contributed by atoms with E-state index in [4.69, 9.17) is 4.74 Å². The van der Waals surface area contributed by atoms with Gasteiger partial charge in [-0.15, -0.1) is 11.3 Å². The third kappa shape index (κ3) is 7.14. The van der Waals surface area contributed by atoms with Crippen molar-refractivity contribution >= 4 is 34.1 Å². The van der Waals surface area contributed by atoms with Gasteiger partial charge in [-0.25, -0.2) is 0 Å². The van der Waals surface area contributed by atoms with E-state index in [1.165, 1.54) is 16.2 Å². The lowest BCUT2D eigenvalue weighted by molar-refractivity contribution is -0.143. The fraction of sp³-hybridized carbons (Fsp3) is 0.682. The highest BCUT2D eigenvalue weighted by atomic mass is 32.1. The van der Waals surface area contributed by atoms with E-state index < -0.39 is 0 Å². The van der Waals surface area contributed by atoms with Crippen LogP contribution < -0.4 is 10.6 Å². The molecule has 1 heterocycles. The fourth-order valence-corrected chi connectivity index (χ4v) is 4.84. The minimum atomic E-state index is -0.230. The molecule has 2 N–H and O–H groups in total. The van der Waals surface area contributed by atoms with Crippen LogP contribution in [0.2, 0.25) is 0 Å². The summed E-state index contributed by atoms with van der Waals surface area (Å²) in [5.41, 5.74) is 1.66. The molecule has 1 unspecified atom stereocenters. The SMILES string of the molecule is CCCCC(=O)Nc1sc2c(c1C(=O)NCCOC(=O)CCCC)CCC(C)C2. The quantitative estimate of drug-likeness (QED) is 0.407. The average molecular weight is 423 g/mol. The van der Waals surface area contributed by atoms with Gasteiger partial charge in [-0.2, -0.15) is 0 Å². The molecular weight excluding hydrogens is 388 g/mol. The van der Waals surface area contributed by atoms with Gasteiger partial charge in [0.15, 0.2) is 0 Å². The number of carbonyl (C=O) groups excluding carboxylic acids is 3. The first kappa shape index (κ1) is 23.4. The normalized spacial score (nSPS) is 15.5. The maximum atomic E-state index is 12.9. The molecule has 0 aliphatic heterocycles. The van der Waals surface area contributed by atoms with E-state index in [0.717, 1.165) is 50.5 Å². The van der Waals surface area contributed by atoms with Gasteiger partial charge >= 0.3 is 5.97 Å². The van der Waals surface area contributed by atoms with Crippen molar-refractivity contribution in [3.63, 3.8) is 0 Å². The van der Waals surface area contributed by atoms with Crippen LogP contribution in [0.4, 0.5) is 5.00 Å². The van der Waals surface area contributed by atoms with E-state index >= 15 is 0 Å². The number of amides is 2. The smallest absolute Gasteiger partial charge is 0.305 e. The molecule has 0 radical (unpaired) electrons. The summed E-state index contributed by atoms with van der Waals surface area (Å²) in [5.74, 6) is 0.111. The van der Waals surface area contributed by atoms with Crippen LogP contribution in [0.3, 0.4) is 0 Å². The Hall–Kier alpha value is -1.89. The number of ether oxygens (including phenoxy) is 1. The summed E-state index contributed by atoms with van der Waals surface area (Å²) in [6, 6.07) is 0. The zero-order valence-electron chi connectivity index (χ0n) is 17.9. The first-order valence-electron chi connectivity index (χ1n) is 10.8. The highest BCUT2D eigenvalue weighted by Gasteiger charge is 2.28. The molecule has 1 atom stereocenters. The number of hydrogen-bond acceptors (Lipinski definition) is 5. The monoisotopic (exact) mass is 422 g/mol. The predicted molar refractivity (Wildman–Crippen MR) is 116 cm³/mol. The lowest BCUT2D eigenvalue weighted by atomic mass is 9.88. The predicted octanol–water partition coefficient (Wildman–Crippen LogP) is 4.46. The molecule has 162 valence electrons. The number of unbranched alkanes of at least 4 members (excludes halogenated alkanes) is 2. The van der Waals surface area contributed by atoms with Gasteiger partial charge < -0.3 is 15.4 Å². The van der Waals surface area contributed by atoms with E-state index in [1.54, 1.807) is 0 Å². The zero-order valence-corrected chi connectivity index (χ0v) is 18.7. The number of fused-ring (bicyclic) bond motifs is 1. The van der Waals surface area contributed by atoms with Crippen LogP contribution in [0.25, 0.3) is 0 Å². The first-order chi connectivity index (χ1) is 14.0. The van der Waals surface area contributed by atoms with Crippen LogP contribution in [0.1, 0.15) is 86.5 Å². The number of thiophene rings is 1. The van der Waals surface area contributed by atoms with Crippen LogP contribution in [0.5, 0.6) is 0 Å². The van der Waals surface area contributed by atoms with Gasteiger partial charge in [-0.05, 0) is 43.6 Å². The Morgan fingerprint density at radius 2 is 1.86 bits per heavy atom. The van der Waals surface area contributed by atoms with Crippen LogP contribution in [-0.2, 0) is 27.2 Å². The molecule has 0 saturated heterocycles. The Morgan fingerprint density at radius 3 is 2.59 bits per heavy atom. The summed E-state index contributed by atoms with van der Waals surface area (Å²) in [5, 5.41) is 6.47. The second-order valence-electron chi connectivity index (χ2n) is 7.79. The van der Waals surface area contributed by atoms with Crippen molar-refractivity contribution in [3.05, 3.63) is 16.0 Å². The van der Waals surface area contributed by atoms with Gasteiger partial charge in [-0.1, -0.05) is 33.6 Å². The summed E-state index contributed by atoms with van der Waals surface area (Å²) in [6.45, 7) is 6.71. The Kier molecular flexibility index (Phi) is 9.64. The summed E-state index contributed by atoms with van der Waals surface area (Å²) in [4.78, 5) is 37.9. The van der Waals surface area contributed by atoms with Crippen LogP contribution in [0, 0.1) is 5.92 Å². The van der Waals surface area contributed by atoms with E-state index in [2.05, 4.69) is 17.6 Å². The molecule has 1 aliphatic carbocycles.